The number of carboxylic acids is 1. The molecule has 1 aliphatic rings. The number of carbonyl (C=O) groups is 1. The van der Waals surface area contributed by atoms with Crippen molar-refractivity contribution in [1.82, 2.24) is 24.4 Å². The number of aliphatic carboxylic acids is 1. The van der Waals surface area contributed by atoms with E-state index < -0.39 is 12.0 Å². The Labute approximate surface area is 178 Å². The fourth-order valence-electron chi connectivity index (χ4n) is 3.90. The van der Waals surface area contributed by atoms with Crippen LogP contribution in [0.1, 0.15) is 24.0 Å². The Morgan fingerprint density at radius 2 is 2.10 bits per heavy atom. The van der Waals surface area contributed by atoms with E-state index in [1.165, 1.54) is 10.8 Å². The van der Waals surface area contributed by atoms with E-state index in [4.69, 9.17) is 9.47 Å². The molecule has 1 atom stereocenters. The molecule has 3 aromatic rings. The maximum absolute atomic E-state index is 12.5. The third-order valence-electron chi connectivity index (χ3n) is 5.37. The van der Waals surface area contributed by atoms with Gasteiger partial charge in [-0.3, -0.25) is 14.3 Å². The number of hydrogen-bond donors (Lipinski definition) is 2. The molecule has 2 aromatic heterocycles. The summed E-state index contributed by atoms with van der Waals surface area (Å²) >= 11 is 0. The molecule has 0 unspecified atom stereocenters. The average molecular weight is 427 g/mol. The van der Waals surface area contributed by atoms with Crippen LogP contribution < -0.4 is 10.4 Å². The van der Waals surface area contributed by atoms with Gasteiger partial charge in [0.15, 0.2) is 5.65 Å². The second-order valence-corrected chi connectivity index (χ2v) is 7.53. The second-order valence-electron chi connectivity index (χ2n) is 7.53. The van der Waals surface area contributed by atoms with Crippen molar-refractivity contribution in [3.63, 3.8) is 0 Å². The second kappa shape index (κ2) is 9.27. The van der Waals surface area contributed by atoms with E-state index in [1.807, 2.05) is 29.2 Å². The van der Waals surface area contributed by atoms with Crippen LogP contribution in [-0.4, -0.2) is 68.4 Å². The standard InChI is InChI=1S/C21H25N5O5/c1-30-8-9-31-20-22-11-16-18(24-20)26(21(29)23-16)13-15-5-2-4-14(10-15)12-25-7-3-6-17(25)19(27)28/h2,4-5,10-11,17H,3,6-9,12-13H2,1H3,(H,23,29)(H,27,28)/t17-/m1/s1. The predicted octanol–water partition coefficient (Wildman–Crippen LogP) is 1.24. The third-order valence-corrected chi connectivity index (χ3v) is 5.37. The van der Waals surface area contributed by atoms with Crippen molar-refractivity contribution in [3.8, 4) is 6.01 Å². The number of fused-ring (bicyclic) bond motifs is 1. The van der Waals surface area contributed by atoms with Gasteiger partial charge in [0.25, 0.3) is 0 Å². The van der Waals surface area contributed by atoms with Gasteiger partial charge in [0.05, 0.1) is 19.3 Å². The van der Waals surface area contributed by atoms with E-state index in [-0.39, 0.29) is 11.7 Å². The van der Waals surface area contributed by atoms with E-state index >= 15 is 0 Å². The van der Waals surface area contributed by atoms with Gasteiger partial charge in [-0.15, -0.1) is 0 Å². The Kier molecular flexibility index (Phi) is 6.28. The van der Waals surface area contributed by atoms with Crippen LogP contribution in [0.25, 0.3) is 11.2 Å². The fraction of sp³-hybridized carbons (Fsp3) is 0.429. The van der Waals surface area contributed by atoms with Gasteiger partial charge in [-0.25, -0.2) is 9.78 Å². The zero-order valence-corrected chi connectivity index (χ0v) is 17.3. The van der Waals surface area contributed by atoms with Crippen LogP contribution in [0, 0.1) is 0 Å². The highest BCUT2D eigenvalue weighted by Gasteiger charge is 2.30. The first-order valence-corrected chi connectivity index (χ1v) is 10.2. The van der Waals surface area contributed by atoms with Crippen molar-refractivity contribution < 1.29 is 19.4 Å². The molecule has 0 spiro atoms. The fourth-order valence-corrected chi connectivity index (χ4v) is 3.90. The summed E-state index contributed by atoms with van der Waals surface area (Å²) in [6.45, 7) is 2.38. The van der Waals surface area contributed by atoms with Crippen LogP contribution in [0.15, 0.2) is 35.3 Å². The molecule has 0 bridgehead atoms. The summed E-state index contributed by atoms with van der Waals surface area (Å²) in [6.07, 6.45) is 3.09. The van der Waals surface area contributed by atoms with Crippen LogP contribution in [0.3, 0.4) is 0 Å². The smallest absolute Gasteiger partial charge is 0.328 e. The first-order valence-electron chi connectivity index (χ1n) is 10.2. The molecule has 1 aliphatic heterocycles. The van der Waals surface area contributed by atoms with Crippen molar-refractivity contribution in [2.24, 2.45) is 0 Å². The summed E-state index contributed by atoms with van der Waals surface area (Å²) in [5.41, 5.74) is 2.64. The molecule has 10 nitrogen and oxygen atoms in total. The molecule has 10 heteroatoms. The van der Waals surface area contributed by atoms with E-state index in [0.717, 1.165) is 24.1 Å². The number of hydrogen-bond acceptors (Lipinski definition) is 7. The largest absolute Gasteiger partial charge is 0.480 e. The highest BCUT2D eigenvalue weighted by molar-refractivity contribution is 5.73. The quantitative estimate of drug-likeness (QED) is 0.489. The van der Waals surface area contributed by atoms with Crippen molar-refractivity contribution in [2.75, 3.05) is 26.9 Å². The Hall–Kier alpha value is -3.24. The highest BCUT2D eigenvalue weighted by atomic mass is 16.5. The Bertz CT molecular complexity index is 1120. The normalized spacial score (nSPS) is 16.7. The molecule has 0 radical (unpaired) electrons. The number of likely N-dealkylation sites (tertiary alicyclic amines) is 1. The van der Waals surface area contributed by atoms with Crippen molar-refractivity contribution in [2.45, 2.75) is 32.0 Å². The Morgan fingerprint density at radius 1 is 1.29 bits per heavy atom. The maximum Gasteiger partial charge on any atom is 0.328 e. The Morgan fingerprint density at radius 3 is 2.87 bits per heavy atom. The molecule has 3 heterocycles. The molecule has 4 rings (SSSR count). The van der Waals surface area contributed by atoms with Crippen molar-refractivity contribution >= 4 is 17.1 Å². The van der Waals surface area contributed by atoms with Gasteiger partial charge in [0.1, 0.15) is 18.2 Å². The first-order chi connectivity index (χ1) is 15.0. The monoisotopic (exact) mass is 427 g/mol. The summed E-state index contributed by atoms with van der Waals surface area (Å²) in [5.74, 6) is -0.776. The van der Waals surface area contributed by atoms with Crippen molar-refractivity contribution in [1.29, 1.82) is 0 Å². The van der Waals surface area contributed by atoms with Gasteiger partial charge in [-0.2, -0.15) is 4.98 Å². The number of methoxy groups -OCH3 is 1. The number of carboxylic acid groups (broad SMARTS) is 1. The molecule has 0 aliphatic carbocycles. The van der Waals surface area contributed by atoms with Crippen LogP contribution >= 0.6 is 0 Å². The van der Waals surface area contributed by atoms with Crippen LogP contribution in [-0.2, 0) is 22.6 Å². The number of benzene rings is 1. The van der Waals surface area contributed by atoms with Gasteiger partial charge < -0.3 is 19.6 Å². The number of aromatic nitrogens is 4. The average Bonchev–Trinajstić information content (AvgIpc) is 3.33. The van der Waals surface area contributed by atoms with Crippen LogP contribution in [0.2, 0.25) is 0 Å². The Balaban J connectivity index is 1.54. The number of nitrogens with one attached hydrogen (secondary N) is 1. The third kappa shape index (κ3) is 4.75. The maximum atomic E-state index is 12.5. The number of ether oxygens (including phenoxy) is 2. The number of imidazole rings is 1. The summed E-state index contributed by atoms with van der Waals surface area (Å²) in [5, 5.41) is 9.40. The molecule has 1 aromatic carbocycles. The zero-order chi connectivity index (χ0) is 21.8. The van der Waals surface area contributed by atoms with Gasteiger partial charge in [0.2, 0.25) is 0 Å². The lowest BCUT2D eigenvalue weighted by Gasteiger charge is -2.21. The summed E-state index contributed by atoms with van der Waals surface area (Å²) in [7, 11) is 1.58. The molecule has 2 N–H and O–H groups in total. The number of aromatic amines is 1. The van der Waals surface area contributed by atoms with Gasteiger partial charge in [-0.05, 0) is 30.5 Å². The lowest BCUT2D eigenvalue weighted by atomic mass is 10.1. The summed E-state index contributed by atoms with van der Waals surface area (Å²) in [4.78, 5) is 37.2. The van der Waals surface area contributed by atoms with Crippen LogP contribution in [0.5, 0.6) is 6.01 Å². The molecule has 1 saturated heterocycles. The van der Waals surface area contributed by atoms with Gasteiger partial charge >= 0.3 is 17.7 Å². The van der Waals surface area contributed by atoms with E-state index in [1.54, 1.807) is 7.11 Å². The molecule has 31 heavy (non-hydrogen) atoms. The lowest BCUT2D eigenvalue weighted by Crippen LogP contribution is -2.35. The topological polar surface area (TPSA) is 123 Å². The van der Waals surface area contributed by atoms with E-state index in [9.17, 15) is 14.7 Å². The van der Waals surface area contributed by atoms with Crippen LogP contribution in [0.4, 0.5) is 0 Å². The SMILES string of the molecule is COCCOc1ncc2[nH]c(=O)n(Cc3cccc(CN4CCC[C@@H]4C(=O)O)c3)c2n1. The van der Waals surface area contributed by atoms with E-state index in [0.29, 0.717) is 43.9 Å². The molecule has 0 amide bonds. The predicted molar refractivity (Wildman–Crippen MR) is 112 cm³/mol. The molecule has 164 valence electrons. The molecule has 0 saturated carbocycles. The highest BCUT2D eigenvalue weighted by Crippen LogP contribution is 2.21. The van der Waals surface area contributed by atoms with Crippen molar-refractivity contribution in [3.05, 3.63) is 52.1 Å². The lowest BCUT2D eigenvalue weighted by molar-refractivity contribution is -0.142. The minimum atomic E-state index is -0.776. The zero-order valence-electron chi connectivity index (χ0n) is 17.3. The summed E-state index contributed by atoms with van der Waals surface area (Å²) < 4.78 is 12.0. The number of rotatable bonds is 9. The minimum Gasteiger partial charge on any atom is -0.480 e. The van der Waals surface area contributed by atoms with Gasteiger partial charge in [-0.1, -0.05) is 24.3 Å². The minimum absolute atomic E-state index is 0.180. The molecular weight excluding hydrogens is 402 g/mol. The molecular formula is C21H25N5O5. The summed E-state index contributed by atoms with van der Waals surface area (Å²) in [6, 6.07) is 7.57. The number of nitrogens with zero attached hydrogens (tertiary/aromatic N) is 4. The van der Waals surface area contributed by atoms with E-state index in [2.05, 4.69) is 15.0 Å². The molecule has 1 fully saturated rings. The first kappa shape index (κ1) is 21.0. The van der Waals surface area contributed by atoms with Gasteiger partial charge in [0, 0.05) is 13.7 Å². The number of H-pyrrole nitrogens is 1.